The Morgan fingerprint density at radius 3 is 2.57 bits per heavy atom. The number of fused-ring (bicyclic) bond motifs is 1. The molecule has 3 aromatic rings. The molecule has 0 amide bonds. The van der Waals surface area contributed by atoms with Crippen molar-refractivity contribution in [1.82, 2.24) is 0 Å². The highest BCUT2D eigenvalue weighted by atomic mass is 79.9. The van der Waals surface area contributed by atoms with Crippen molar-refractivity contribution in [3.8, 4) is 5.75 Å². The van der Waals surface area contributed by atoms with Gasteiger partial charge >= 0.3 is 0 Å². The summed E-state index contributed by atoms with van der Waals surface area (Å²) >= 11 is 3.39. The lowest BCUT2D eigenvalue weighted by Crippen LogP contribution is -2.02. The highest BCUT2D eigenvalue weighted by Crippen LogP contribution is 2.20. The number of ether oxygens (including phenoxy) is 1. The first-order valence-electron chi connectivity index (χ1n) is 6.51. The van der Waals surface area contributed by atoms with E-state index in [9.17, 15) is 4.79 Å². The molecule has 1 heterocycles. The summed E-state index contributed by atoms with van der Waals surface area (Å²) in [4.78, 5) is 12.1. The van der Waals surface area contributed by atoms with Gasteiger partial charge in [0, 0.05) is 17.0 Å². The van der Waals surface area contributed by atoms with Crippen molar-refractivity contribution in [1.29, 1.82) is 0 Å². The van der Waals surface area contributed by atoms with Gasteiger partial charge in [0.05, 0.1) is 12.5 Å². The maximum Gasteiger partial charge on any atom is 0.192 e. The lowest BCUT2D eigenvalue weighted by molar-refractivity contribution is 0.414. The molecule has 0 spiro atoms. The quantitative estimate of drug-likeness (QED) is 0.716. The SMILES string of the molecule is COc1ccc(Cc2cc(=O)c3ccc(Br)cc3o2)cc1. The number of hydrogen-bond donors (Lipinski definition) is 0. The van der Waals surface area contributed by atoms with Crippen LogP contribution in [0, 0.1) is 0 Å². The number of halogens is 1. The van der Waals surface area contributed by atoms with Gasteiger partial charge in [-0.3, -0.25) is 4.79 Å². The maximum absolute atomic E-state index is 12.1. The molecule has 0 aliphatic carbocycles. The van der Waals surface area contributed by atoms with E-state index in [1.54, 1.807) is 19.2 Å². The number of rotatable bonds is 3. The third-order valence-electron chi connectivity index (χ3n) is 3.28. The van der Waals surface area contributed by atoms with E-state index in [2.05, 4.69) is 15.9 Å². The number of methoxy groups -OCH3 is 1. The molecule has 3 rings (SSSR count). The number of hydrogen-bond acceptors (Lipinski definition) is 3. The summed E-state index contributed by atoms with van der Waals surface area (Å²) in [5.41, 5.74) is 1.64. The average molecular weight is 345 g/mol. The van der Waals surface area contributed by atoms with Crippen molar-refractivity contribution in [2.75, 3.05) is 7.11 Å². The van der Waals surface area contributed by atoms with Gasteiger partial charge in [0.2, 0.25) is 0 Å². The molecule has 4 heteroatoms. The predicted octanol–water partition coefficient (Wildman–Crippen LogP) is 4.15. The second kappa shape index (κ2) is 5.74. The molecule has 0 saturated heterocycles. The molecule has 0 N–H and O–H groups in total. The highest BCUT2D eigenvalue weighted by Gasteiger charge is 2.06. The largest absolute Gasteiger partial charge is 0.497 e. The van der Waals surface area contributed by atoms with Crippen LogP contribution in [0.25, 0.3) is 11.0 Å². The van der Waals surface area contributed by atoms with Crippen molar-refractivity contribution in [3.63, 3.8) is 0 Å². The Kier molecular flexibility index (Phi) is 3.80. The van der Waals surface area contributed by atoms with E-state index in [4.69, 9.17) is 9.15 Å². The lowest BCUT2D eigenvalue weighted by Gasteiger charge is -2.05. The van der Waals surface area contributed by atoms with Gasteiger partial charge in [-0.1, -0.05) is 28.1 Å². The van der Waals surface area contributed by atoms with E-state index < -0.39 is 0 Å². The van der Waals surface area contributed by atoms with Gasteiger partial charge in [0.15, 0.2) is 5.43 Å². The van der Waals surface area contributed by atoms with Crippen molar-refractivity contribution in [2.45, 2.75) is 6.42 Å². The molecule has 3 nitrogen and oxygen atoms in total. The van der Waals surface area contributed by atoms with Crippen LogP contribution in [-0.4, -0.2) is 7.11 Å². The van der Waals surface area contributed by atoms with Crippen molar-refractivity contribution in [2.24, 2.45) is 0 Å². The van der Waals surface area contributed by atoms with Gasteiger partial charge in [0.1, 0.15) is 17.1 Å². The van der Waals surface area contributed by atoms with E-state index in [1.807, 2.05) is 36.4 Å². The molecule has 2 aromatic carbocycles. The summed E-state index contributed by atoms with van der Waals surface area (Å²) in [6.45, 7) is 0. The average Bonchev–Trinajstić information content (AvgIpc) is 2.47. The molecule has 0 fully saturated rings. The predicted molar refractivity (Wildman–Crippen MR) is 86.0 cm³/mol. The van der Waals surface area contributed by atoms with Gasteiger partial charge in [-0.05, 0) is 35.9 Å². The molecular weight excluding hydrogens is 332 g/mol. The van der Waals surface area contributed by atoms with Crippen LogP contribution in [0.15, 0.2) is 62.2 Å². The molecule has 0 aliphatic heterocycles. The van der Waals surface area contributed by atoms with Crippen LogP contribution >= 0.6 is 15.9 Å². The van der Waals surface area contributed by atoms with Crippen LogP contribution in [0.5, 0.6) is 5.75 Å². The standard InChI is InChI=1S/C17H13BrO3/c1-20-13-5-2-11(3-6-13)8-14-10-16(19)15-7-4-12(18)9-17(15)21-14/h2-7,9-10H,8H2,1H3. The fraction of sp³-hybridized carbons (Fsp3) is 0.118. The molecule has 21 heavy (non-hydrogen) atoms. The minimum Gasteiger partial charge on any atom is -0.497 e. The number of benzene rings is 2. The molecule has 0 atom stereocenters. The molecule has 0 radical (unpaired) electrons. The molecule has 0 unspecified atom stereocenters. The Bertz CT molecular complexity index is 835. The molecule has 0 saturated carbocycles. The van der Waals surface area contributed by atoms with Crippen LogP contribution in [0.2, 0.25) is 0 Å². The first kappa shape index (κ1) is 13.9. The Morgan fingerprint density at radius 2 is 1.86 bits per heavy atom. The van der Waals surface area contributed by atoms with Crippen LogP contribution in [0.4, 0.5) is 0 Å². The maximum atomic E-state index is 12.1. The van der Waals surface area contributed by atoms with Crippen molar-refractivity contribution >= 4 is 26.9 Å². The van der Waals surface area contributed by atoms with Crippen LogP contribution in [0.3, 0.4) is 0 Å². The Balaban J connectivity index is 1.98. The molecule has 0 bridgehead atoms. The van der Waals surface area contributed by atoms with Gasteiger partial charge < -0.3 is 9.15 Å². The normalized spacial score (nSPS) is 10.8. The van der Waals surface area contributed by atoms with Gasteiger partial charge in [-0.15, -0.1) is 0 Å². The van der Waals surface area contributed by atoms with E-state index >= 15 is 0 Å². The van der Waals surface area contributed by atoms with Gasteiger partial charge in [-0.25, -0.2) is 0 Å². The third-order valence-corrected chi connectivity index (χ3v) is 3.77. The highest BCUT2D eigenvalue weighted by molar-refractivity contribution is 9.10. The minimum atomic E-state index is -0.0211. The summed E-state index contributed by atoms with van der Waals surface area (Å²) < 4.78 is 11.8. The first-order valence-corrected chi connectivity index (χ1v) is 7.30. The van der Waals surface area contributed by atoms with Gasteiger partial charge in [0.25, 0.3) is 0 Å². The van der Waals surface area contributed by atoms with E-state index in [0.29, 0.717) is 23.2 Å². The summed E-state index contributed by atoms with van der Waals surface area (Å²) in [5, 5.41) is 0.594. The lowest BCUT2D eigenvalue weighted by atomic mass is 10.1. The van der Waals surface area contributed by atoms with Crippen LogP contribution in [0.1, 0.15) is 11.3 Å². The smallest absolute Gasteiger partial charge is 0.192 e. The van der Waals surface area contributed by atoms with Crippen molar-refractivity contribution in [3.05, 3.63) is 74.6 Å². The summed E-state index contributed by atoms with van der Waals surface area (Å²) in [5.74, 6) is 1.46. The minimum absolute atomic E-state index is 0.0211. The zero-order valence-corrected chi connectivity index (χ0v) is 13.0. The zero-order chi connectivity index (χ0) is 14.8. The molecule has 106 valence electrons. The zero-order valence-electron chi connectivity index (χ0n) is 11.4. The summed E-state index contributed by atoms with van der Waals surface area (Å²) in [6, 6.07) is 14.7. The second-order valence-electron chi connectivity index (χ2n) is 4.74. The third kappa shape index (κ3) is 3.00. The Morgan fingerprint density at radius 1 is 1.10 bits per heavy atom. The summed E-state index contributed by atoms with van der Waals surface area (Å²) in [6.07, 6.45) is 0.571. The monoisotopic (exact) mass is 344 g/mol. The molecule has 0 aliphatic rings. The Hall–Kier alpha value is -2.07. The topological polar surface area (TPSA) is 39.4 Å². The van der Waals surface area contributed by atoms with Crippen LogP contribution in [-0.2, 0) is 6.42 Å². The van der Waals surface area contributed by atoms with E-state index in [1.165, 1.54) is 0 Å². The van der Waals surface area contributed by atoms with E-state index in [0.717, 1.165) is 15.8 Å². The second-order valence-corrected chi connectivity index (χ2v) is 5.66. The van der Waals surface area contributed by atoms with Crippen molar-refractivity contribution < 1.29 is 9.15 Å². The molecular formula is C17H13BrO3. The molecule has 1 aromatic heterocycles. The fourth-order valence-electron chi connectivity index (χ4n) is 2.21. The Labute approximate surface area is 130 Å². The van der Waals surface area contributed by atoms with Gasteiger partial charge in [-0.2, -0.15) is 0 Å². The van der Waals surface area contributed by atoms with E-state index in [-0.39, 0.29) is 5.43 Å². The van der Waals surface area contributed by atoms with Crippen LogP contribution < -0.4 is 10.2 Å². The summed E-state index contributed by atoms with van der Waals surface area (Å²) in [7, 11) is 1.63. The first-order chi connectivity index (χ1) is 10.2. The fourth-order valence-corrected chi connectivity index (χ4v) is 2.55.